The molecule has 0 bridgehead atoms. The standard InChI is InChI=1S/C31H51N3O.ClH/c1-31(2,3)27-11-9-26(10-12-27)29-23-28(33-19-21-35-22-20-33)13-14-30(29)34-17-15-32(16-18-34)24-25-7-5-4-6-8-25;/h13-14,23,25-27H,4-12,15-22,24H2,1-3H3;1H. The number of hydrogen-bond acceptors (Lipinski definition) is 4. The lowest BCUT2D eigenvalue weighted by Gasteiger charge is -2.41. The van der Waals surface area contributed by atoms with Gasteiger partial charge in [-0.2, -0.15) is 0 Å². The number of ether oxygens (including phenoxy) is 1. The predicted molar refractivity (Wildman–Crippen MR) is 156 cm³/mol. The highest BCUT2D eigenvalue weighted by Gasteiger charge is 2.32. The Hall–Kier alpha value is -0.970. The molecule has 5 heteroatoms. The van der Waals surface area contributed by atoms with Crippen molar-refractivity contribution < 1.29 is 4.74 Å². The van der Waals surface area contributed by atoms with Crippen molar-refractivity contribution in [3.8, 4) is 0 Å². The van der Waals surface area contributed by atoms with Crippen molar-refractivity contribution in [2.75, 3.05) is 68.8 Å². The van der Waals surface area contributed by atoms with Gasteiger partial charge in [-0.1, -0.05) is 40.0 Å². The summed E-state index contributed by atoms with van der Waals surface area (Å²) < 4.78 is 5.64. The van der Waals surface area contributed by atoms with Crippen molar-refractivity contribution in [2.24, 2.45) is 17.3 Å². The van der Waals surface area contributed by atoms with E-state index in [1.165, 1.54) is 96.2 Å². The van der Waals surface area contributed by atoms with E-state index in [0.717, 1.165) is 38.1 Å². The molecule has 36 heavy (non-hydrogen) atoms. The summed E-state index contributed by atoms with van der Waals surface area (Å²) in [7, 11) is 0. The maximum absolute atomic E-state index is 5.64. The molecule has 2 heterocycles. The molecule has 0 amide bonds. The zero-order chi connectivity index (χ0) is 24.3. The minimum absolute atomic E-state index is 0. The van der Waals surface area contributed by atoms with Gasteiger partial charge >= 0.3 is 0 Å². The molecule has 5 rings (SSSR count). The van der Waals surface area contributed by atoms with E-state index in [2.05, 4.69) is 53.7 Å². The van der Waals surface area contributed by atoms with Gasteiger partial charge in [0.25, 0.3) is 0 Å². The highest BCUT2D eigenvalue weighted by atomic mass is 35.5. The van der Waals surface area contributed by atoms with Gasteiger partial charge in [-0.05, 0) is 85.5 Å². The van der Waals surface area contributed by atoms with Crippen molar-refractivity contribution in [3.05, 3.63) is 23.8 Å². The Morgan fingerprint density at radius 2 is 1.44 bits per heavy atom. The molecule has 2 saturated carbocycles. The van der Waals surface area contributed by atoms with Crippen LogP contribution in [-0.4, -0.2) is 63.9 Å². The molecule has 0 unspecified atom stereocenters. The molecule has 2 aliphatic heterocycles. The number of hydrogen-bond donors (Lipinski definition) is 0. The van der Waals surface area contributed by atoms with Crippen molar-refractivity contribution >= 4 is 23.8 Å². The van der Waals surface area contributed by atoms with Crippen LogP contribution >= 0.6 is 12.4 Å². The molecule has 1 aromatic carbocycles. The highest BCUT2D eigenvalue weighted by Crippen LogP contribution is 2.46. The van der Waals surface area contributed by atoms with Crippen LogP contribution in [0.15, 0.2) is 18.2 Å². The van der Waals surface area contributed by atoms with E-state index < -0.39 is 0 Å². The topological polar surface area (TPSA) is 19.0 Å². The third-order valence-corrected chi connectivity index (χ3v) is 9.73. The van der Waals surface area contributed by atoms with E-state index in [1.807, 2.05) is 0 Å². The fraction of sp³-hybridized carbons (Fsp3) is 0.806. The first-order chi connectivity index (χ1) is 17.0. The average Bonchev–Trinajstić information content (AvgIpc) is 2.90. The Bertz CT molecular complexity index is 797. The monoisotopic (exact) mass is 517 g/mol. The maximum atomic E-state index is 5.64. The number of benzene rings is 1. The van der Waals surface area contributed by atoms with Gasteiger partial charge in [0.15, 0.2) is 0 Å². The zero-order valence-corrected chi connectivity index (χ0v) is 24.2. The van der Waals surface area contributed by atoms with Crippen molar-refractivity contribution in [1.29, 1.82) is 0 Å². The van der Waals surface area contributed by atoms with Crippen LogP contribution in [0.3, 0.4) is 0 Å². The summed E-state index contributed by atoms with van der Waals surface area (Å²) >= 11 is 0. The minimum atomic E-state index is 0. The average molecular weight is 518 g/mol. The number of anilines is 2. The van der Waals surface area contributed by atoms with Gasteiger partial charge < -0.3 is 14.5 Å². The molecule has 0 aromatic heterocycles. The quantitative estimate of drug-likeness (QED) is 0.419. The molecule has 2 saturated heterocycles. The van der Waals surface area contributed by atoms with Gasteiger partial charge in [0.2, 0.25) is 0 Å². The van der Waals surface area contributed by atoms with Gasteiger partial charge in [0.1, 0.15) is 0 Å². The third kappa shape index (κ3) is 6.91. The SMILES string of the molecule is CC(C)(C)C1CCC(c2cc(N3CCOCC3)ccc2N2CCN(CC3CCCCC3)CC2)CC1.Cl. The number of morpholine rings is 1. The molecule has 4 aliphatic rings. The fourth-order valence-electron chi connectivity index (χ4n) is 7.35. The first kappa shape index (κ1) is 28.0. The first-order valence-corrected chi connectivity index (χ1v) is 14.9. The van der Waals surface area contributed by atoms with Crippen LogP contribution in [0.4, 0.5) is 11.4 Å². The molecular weight excluding hydrogens is 466 g/mol. The maximum Gasteiger partial charge on any atom is 0.0642 e. The summed E-state index contributed by atoms with van der Waals surface area (Å²) in [6, 6.07) is 7.46. The lowest BCUT2D eigenvalue weighted by atomic mass is 9.68. The Labute approximate surface area is 227 Å². The van der Waals surface area contributed by atoms with E-state index in [1.54, 1.807) is 11.3 Å². The van der Waals surface area contributed by atoms with Crippen LogP contribution in [0.2, 0.25) is 0 Å². The summed E-state index contributed by atoms with van der Waals surface area (Å²) in [5.41, 5.74) is 5.04. The van der Waals surface area contributed by atoms with Crippen LogP contribution in [-0.2, 0) is 4.74 Å². The van der Waals surface area contributed by atoms with E-state index >= 15 is 0 Å². The number of rotatable bonds is 5. The minimum Gasteiger partial charge on any atom is -0.378 e. The van der Waals surface area contributed by atoms with Crippen LogP contribution in [0.5, 0.6) is 0 Å². The Morgan fingerprint density at radius 3 is 2.08 bits per heavy atom. The second-order valence-electron chi connectivity index (χ2n) is 13.0. The Morgan fingerprint density at radius 1 is 0.778 bits per heavy atom. The van der Waals surface area contributed by atoms with E-state index in [-0.39, 0.29) is 12.4 Å². The van der Waals surface area contributed by atoms with Crippen LogP contribution in [0.1, 0.15) is 90.0 Å². The summed E-state index contributed by atoms with van der Waals surface area (Å²) in [5, 5.41) is 0. The van der Waals surface area contributed by atoms with E-state index in [9.17, 15) is 0 Å². The largest absolute Gasteiger partial charge is 0.378 e. The second kappa shape index (κ2) is 12.7. The molecule has 4 nitrogen and oxygen atoms in total. The number of nitrogens with zero attached hydrogens (tertiary/aromatic N) is 3. The van der Waals surface area contributed by atoms with Gasteiger partial charge in [-0.25, -0.2) is 0 Å². The summed E-state index contributed by atoms with van der Waals surface area (Å²) in [6.07, 6.45) is 12.8. The number of halogens is 1. The molecule has 2 aliphatic carbocycles. The Kier molecular flexibility index (Phi) is 9.91. The predicted octanol–water partition coefficient (Wildman–Crippen LogP) is 6.97. The molecule has 0 N–H and O–H groups in total. The van der Waals surface area contributed by atoms with Gasteiger partial charge in [0.05, 0.1) is 13.2 Å². The van der Waals surface area contributed by atoms with Gasteiger partial charge in [-0.15, -0.1) is 12.4 Å². The highest BCUT2D eigenvalue weighted by molar-refractivity contribution is 5.85. The Balaban J connectivity index is 0.00000304. The van der Waals surface area contributed by atoms with E-state index in [0.29, 0.717) is 11.3 Å². The second-order valence-corrected chi connectivity index (χ2v) is 13.0. The first-order valence-electron chi connectivity index (χ1n) is 14.9. The van der Waals surface area contributed by atoms with Gasteiger partial charge in [0, 0.05) is 57.2 Å². The van der Waals surface area contributed by atoms with Crippen LogP contribution in [0, 0.1) is 17.3 Å². The van der Waals surface area contributed by atoms with Crippen molar-refractivity contribution in [2.45, 2.75) is 84.5 Å². The summed E-state index contributed by atoms with van der Waals surface area (Å²) in [5.74, 6) is 2.54. The molecule has 0 spiro atoms. The van der Waals surface area contributed by atoms with Crippen molar-refractivity contribution in [1.82, 2.24) is 4.90 Å². The van der Waals surface area contributed by atoms with Gasteiger partial charge in [-0.3, -0.25) is 4.90 Å². The molecule has 4 fully saturated rings. The lowest BCUT2D eigenvalue weighted by molar-refractivity contribution is 0.122. The third-order valence-electron chi connectivity index (χ3n) is 9.73. The summed E-state index contributed by atoms with van der Waals surface area (Å²) in [6.45, 7) is 17.3. The number of piperazine rings is 1. The molecule has 1 aromatic rings. The zero-order valence-electron chi connectivity index (χ0n) is 23.4. The lowest BCUT2D eigenvalue weighted by Crippen LogP contribution is -2.48. The van der Waals surface area contributed by atoms with E-state index in [4.69, 9.17) is 4.74 Å². The van der Waals surface area contributed by atoms with Crippen molar-refractivity contribution in [3.63, 3.8) is 0 Å². The molecule has 0 radical (unpaired) electrons. The molecule has 0 atom stereocenters. The summed E-state index contributed by atoms with van der Waals surface area (Å²) in [4.78, 5) is 8.04. The van der Waals surface area contributed by atoms with Crippen LogP contribution < -0.4 is 9.80 Å². The molecule has 204 valence electrons. The smallest absolute Gasteiger partial charge is 0.0642 e. The van der Waals surface area contributed by atoms with Crippen LogP contribution in [0.25, 0.3) is 0 Å². The molecular formula is C31H52ClN3O. The fourth-order valence-corrected chi connectivity index (χ4v) is 7.35. The normalized spacial score (nSPS) is 27.1.